The third-order valence-electron chi connectivity index (χ3n) is 2.18. The number of aromatic amines is 1. The van der Waals surface area contributed by atoms with Crippen molar-refractivity contribution in [2.75, 3.05) is 5.75 Å². The molecule has 0 bridgehead atoms. The normalized spacial score (nSPS) is 10.6. The fourth-order valence-electron chi connectivity index (χ4n) is 1.42. The van der Waals surface area contributed by atoms with E-state index >= 15 is 0 Å². The molecule has 6 heteroatoms. The van der Waals surface area contributed by atoms with Crippen LogP contribution in [0.25, 0.3) is 10.2 Å². The van der Waals surface area contributed by atoms with Crippen LogP contribution in [0.15, 0.2) is 16.0 Å². The van der Waals surface area contributed by atoms with Crippen molar-refractivity contribution in [3.8, 4) is 6.07 Å². The largest absolute Gasteiger partial charge is 0.301 e. The Labute approximate surface area is 107 Å². The van der Waals surface area contributed by atoms with E-state index in [2.05, 4.69) is 16.0 Å². The summed E-state index contributed by atoms with van der Waals surface area (Å²) >= 11 is 3.01. The highest BCUT2D eigenvalue weighted by atomic mass is 32.2. The highest BCUT2D eigenvalue weighted by molar-refractivity contribution is 7.99. The SMILES string of the molecule is Cc1cc2c(=O)[nH]c(SCCCC#N)nc2s1. The van der Waals surface area contributed by atoms with E-state index in [-0.39, 0.29) is 5.56 Å². The van der Waals surface area contributed by atoms with Crippen LogP contribution in [0.2, 0.25) is 0 Å². The van der Waals surface area contributed by atoms with Crippen LogP contribution in [-0.4, -0.2) is 15.7 Å². The van der Waals surface area contributed by atoms with Gasteiger partial charge in [0.1, 0.15) is 4.83 Å². The monoisotopic (exact) mass is 265 g/mol. The molecule has 0 radical (unpaired) electrons. The van der Waals surface area contributed by atoms with Gasteiger partial charge in [-0.25, -0.2) is 4.98 Å². The van der Waals surface area contributed by atoms with E-state index in [0.29, 0.717) is 17.0 Å². The van der Waals surface area contributed by atoms with Gasteiger partial charge >= 0.3 is 0 Å². The first-order chi connectivity index (χ1) is 8.20. The van der Waals surface area contributed by atoms with Crippen LogP contribution >= 0.6 is 23.1 Å². The number of unbranched alkanes of at least 4 members (excludes halogenated alkanes) is 1. The van der Waals surface area contributed by atoms with Crippen LogP contribution in [0, 0.1) is 18.3 Å². The topological polar surface area (TPSA) is 69.5 Å². The molecule has 2 aromatic heterocycles. The number of aromatic nitrogens is 2. The van der Waals surface area contributed by atoms with Crippen molar-refractivity contribution in [1.82, 2.24) is 9.97 Å². The van der Waals surface area contributed by atoms with Crippen molar-refractivity contribution in [3.05, 3.63) is 21.3 Å². The summed E-state index contributed by atoms with van der Waals surface area (Å²) in [6.07, 6.45) is 1.35. The summed E-state index contributed by atoms with van der Waals surface area (Å²) in [5, 5.41) is 9.72. The van der Waals surface area contributed by atoms with Crippen LogP contribution in [0.4, 0.5) is 0 Å². The van der Waals surface area contributed by atoms with Gasteiger partial charge in [-0.05, 0) is 19.4 Å². The Bertz CT molecular complexity index is 624. The smallest absolute Gasteiger partial charge is 0.260 e. The molecule has 0 saturated heterocycles. The molecule has 0 spiro atoms. The van der Waals surface area contributed by atoms with E-state index in [1.165, 1.54) is 23.1 Å². The van der Waals surface area contributed by atoms with Crippen LogP contribution < -0.4 is 5.56 Å². The maximum atomic E-state index is 11.7. The molecular weight excluding hydrogens is 254 g/mol. The van der Waals surface area contributed by atoms with Gasteiger partial charge in [-0.1, -0.05) is 11.8 Å². The Morgan fingerprint density at radius 3 is 3.24 bits per heavy atom. The van der Waals surface area contributed by atoms with Gasteiger partial charge in [0.15, 0.2) is 5.16 Å². The van der Waals surface area contributed by atoms with E-state index in [0.717, 1.165) is 21.9 Å². The number of nitriles is 1. The third-order valence-corrected chi connectivity index (χ3v) is 4.08. The number of hydrogen-bond acceptors (Lipinski definition) is 5. The van der Waals surface area contributed by atoms with Gasteiger partial charge in [-0.2, -0.15) is 5.26 Å². The van der Waals surface area contributed by atoms with Crippen LogP contribution in [0.5, 0.6) is 0 Å². The Balaban J connectivity index is 2.19. The molecule has 17 heavy (non-hydrogen) atoms. The van der Waals surface area contributed by atoms with Crippen molar-refractivity contribution < 1.29 is 0 Å². The Hall–Kier alpha value is -1.32. The fraction of sp³-hybridized carbons (Fsp3) is 0.364. The molecule has 0 saturated carbocycles. The molecule has 0 aliphatic heterocycles. The quantitative estimate of drug-likeness (QED) is 0.524. The first kappa shape index (κ1) is 12.1. The van der Waals surface area contributed by atoms with Crippen molar-refractivity contribution >= 4 is 33.3 Å². The minimum absolute atomic E-state index is 0.0814. The van der Waals surface area contributed by atoms with E-state index in [9.17, 15) is 4.79 Å². The van der Waals surface area contributed by atoms with Gasteiger partial charge < -0.3 is 4.98 Å². The zero-order valence-corrected chi connectivity index (χ0v) is 11.0. The average molecular weight is 265 g/mol. The molecule has 0 aliphatic carbocycles. The molecule has 4 nitrogen and oxygen atoms in total. The summed E-state index contributed by atoms with van der Waals surface area (Å²) < 4.78 is 0. The Morgan fingerprint density at radius 1 is 1.65 bits per heavy atom. The number of H-pyrrole nitrogens is 1. The molecule has 0 fully saturated rings. The minimum atomic E-state index is -0.0814. The summed E-state index contributed by atoms with van der Waals surface area (Å²) in [5.41, 5.74) is -0.0814. The van der Waals surface area contributed by atoms with Gasteiger partial charge in [0, 0.05) is 17.1 Å². The lowest BCUT2D eigenvalue weighted by Gasteiger charge is -1.98. The van der Waals surface area contributed by atoms with Crippen molar-refractivity contribution in [1.29, 1.82) is 5.26 Å². The number of thioether (sulfide) groups is 1. The molecule has 0 amide bonds. The summed E-state index contributed by atoms with van der Waals surface area (Å²) in [4.78, 5) is 20.8. The van der Waals surface area contributed by atoms with Crippen LogP contribution in [-0.2, 0) is 0 Å². The standard InChI is InChI=1S/C11H11N3OS2/c1-7-6-8-9(15)13-11(14-10(8)17-7)16-5-3-2-4-12/h6H,2-3,5H2,1H3,(H,13,14,15). The summed E-state index contributed by atoms with van der Waals surface area (Å²) in [7, 11) is 0. The molecule has 0 unspecified atom stereocenters. The van der Waals surface area contributed by atoms with Gasteiger partial charge in [-0.3, -0.25) is 4.79 Å². The van der Waals surface area contributed by atoms with Crippen molar-refractivity contribution in [2.45, 2.75) is 24.9 Å². The molecule has 88 valence electrons. The maximum Gasteiger partial charge on any atom is 0.260 e. The van der Waals surface area contributed by atoms with E-state index in [4.69, 9.17) is 5.26 Å². The Morgan fingerprint density at radius 2 is 2.47 bits per heavy atom. The molecule has 1 N–H and O–H groups in total. The summed E-state index contributed by atoms with van der Waals surface area (Å²) in [6, 6.07) is 3.95. The summed E-state index contributed by atoms with van der Waals surface area (Å²) in [5.74, 6) is 0.798. The first-order valence-electron chi connectivity index (χ1n) is 5.21. The Kier molecular flexibility index (Phi) is 3.82. The molecule has 0 aliphatic rings. The highest BCUT2D eigenvalue weighted by Gasteiger charge is 2.06. The van der Waals surface area contributed by atoms with Gasteiger partial charge in [0.25, 0.3) is 5.56 Å². The molecule has 0 aromatic carbocycles. The molecular formula is C11H11N3OS2. The van der Waals surface area contributed by atoms with E-state index in [1.54, 1.807) is 0 Å². The second kappa shape index (κ2) is 5.34. The van der Waals surface area contributed by atoms with Crippen molar-refractivity contribution in [3.63, 3.8) is 0 Å². The summed E-state index contributed by atoms with van der Waals surface area (Å²) in [6.45, 7) is 1.96. The lowest BCUT2D eigenvalue weighted by atomic mass is 10.4. The zero-order chi connectivity index (χ0) is 12.3. The van der Waals surface area contributed by atoms with Crippen molar-refractivity contribution in [2.24, 2.45) is 0 Å². The number of nitrogens with zero attached hydrogens (tertiary/aromatic N) is 2. The number of aryl methyl sites for hydroxylation is 1. The van der Waals surface area contributed by atoms with Crippen LogP contribution in [0.3, 0.4) is 0 Å². The zero-order valence-electron chi connectivity index (χ0n) is 9.32. The second-order valence-electron chi connectivity index (χ2n) is 3.56. The molecule has 2 aromatic rings. The lowest BCUT2D eigenvalue weighted by Crippen LogP contribution is -2.07. The minimum Gasteiger partial charge on any atom is -0.301 e. The molecule has 2 rings (SSSR count). The number of nitrogens with one attached hydrogen (secondary N) is 1. The number of rotatable bonds is 4. The highest BCUT2D eigenvalue weighted by Crippen LogP contribution is 2.22. The number of hydrogen-bond donors (Lipinski definition) is 1. The molecule has 2 heterocycles. The predicted octanol–water partition coefficient (Wildman–Crippen LogP) is 2.69. The van der Waals surface area contributed by atoms with Gasteiger partial charge in [-0.15, -0.1) is 11.3 Å². The van der Waals surface area contributed by atoms with E-state index < -0.39 is 0 Å². The van der Waals surface area contributed by atoms with Crippen LogP contribution in [0.1, 0.15) is 17.7 Å². The maximum absolute atomic E-state index is 11.7. The average Bonchev–Trinajstić information content (AvgIpc) is 2.66. The lowest BCUT2D eigenvalue weighted by molar-refractivity contribution is 0.951. The second-order valence-corrected chi connectivity index (χ2v) is 5.88. The molecule has 0 atom stereocenters. The third kappa shape index (κ3) is 2.87. The van der Waals surface area contributed by atoms with E-state index in [1.807, 2.05) is 13.0 Å². The van der Waals surface area contributed by atoms with Gasteiger partial charge in [0.2, 0.25) is 0 Å². The predicted molar refractivity (Wildman–Crippen MR) is 70.5 cm³/mol. The number of thiophene rings is 1. The van der Waals surface area contributed by atoms with Gasteiger partial charge in [0.05, 0.1) is 11.5 Å². The fourth-order valence-corrected chi connectivity index (χ4v) is 3.16. The first-order valence-corrected chi connectivity index (χ1v) is 7.01. The number of fused-ring (bicyclic) bond motifs is 1.